The molecular weight excluding hydrogens is 236 g/mol. The molecule has 0 unspecified atom stereocenters. The van der Waals surface area contributed by atoms with Gasteiger partial charge in [-0.1, -0.05) is 54.6 Å². The van der Waals surface area contributed by atoms with Crippen LogP contribution >= 0.6 is 0 Å². The summed E-state index contributed by atoms with van der Waals surface area (Å²) < 4.78 is 0. The summed E-state index contributed by atoms with van der Waals surface area (Å²) in [6.45, 7) is 0.548. The minimum Gasteiger partial charge on any atom is -0.326 e. The second kappa shape index (κ2) is 5.04. The predicted octanol–water partition coefficient (Wildman–Crippen LogP) is 2.60. The number of nitrogens with one attached hydrogen (secondary N) is 1. The predicted molar refractivity (Wildman–Crippen MR) is 75.1 cm³/mol. The van der Waals surface area contributed by atoms with Crippen LogP contribution in [-0.2, 0) is 6.54 Å². The maximum Gasteiger partial charge on any atom is 0.181 e. The van der Waals surface area contributed by atoms with E-state index in [0.29, 0.717) is 12.4 Å². The van der Waals surface area contributed by atoms with Crippen LogP contribution in [0.2, 0.25) is 0 Å². The van der Waals surface area contributed by atoms with Crippen LogP contribution in [0.1, 0.15) is 5.56 Å². The van der Waals surface area contributed by atoms with Crippen LogP contribution in [-0.4, -0.2) is 15.2 Å². The van der Waals surface area contributed by atoms with Gasteiger partial charge in [0.25, 0.3) is 0 Å². The van der Waals surface area contributed by atoms with Gasteiger partial charge in [0.05, 0.1) is 0 Å². The lowest BCUT2D eigenvalue weighted by Gasteiger charge is -1.98. The third-order valence-corrected chi connectivity index (χ3v) is 2.98. The molecule has 3 rings (SSSR count). The fourth-order valence-corrected chi connectivity index (χ4v) is 1.91. The van der Waals surface area contributed by atoms with E-state index in [1.165, 1.54) is 0 Å². The molecule has 0 spiro atoms. The Labute approximate surface area is 111 Å². The van der Waals surface area contributed by atoms with Crippen molar-refractivity contribution in [3.63, 3.8) is 0 Å². The van der Waals surface area contributed by atoms with Gasteiger partial charge < -0.3 is 5.73 Å². The number of rotatable bonds is 3. The number of H-pyrrole nitrogens is 1. The molecule has 4 nitrogen and oxygen atoms in total. The first-order valence-electron chi connectivity index (χ1n) is 6.14. The summed E-state index contributed by atoms with van der Waals surface area (Å²) in [7, 11) is 0. The summed E-state index contributed by atoms with van der Waals surface area (Å²) in [5, 5.41) is 7.21. The maximum atomic E-state index is 5.58. The average Bonchev–Trinajstić information content (AvgIpc) is 2.98. The van der Waals surface area contributed by atoms with Gasteiger partial charge in [0.2, 0.25) is 0 Å². The zero-order chi connectivity index (χ0) is 13.1. The van der Waals surface area contributed by atoms with Gasteiger partial charge in [-0.05, 0) is 5.56 Å². The van der Waals surface area contributed by atoms with Crippen molar-refractivity contribution in [1.82, 2.24) is 15.2 Å². The van der Waals surface area contributed by atoms with Crippen molar-refractivity contribution >= 4 is 0 Å². The van der Waals surface area contributed by atoms with Gasteiger partial charge in [-0.3, -0.25) is 5.10 Å². The monoisotopic (exact) mass is 250 g/mol. The lowest BCUT2D eigenvalue weighted by molar-refractivity contribution is 1.07. The van der Waals surface area contributed by atoms with Crippen LogP contribution in [0.15, 0.2) is 54.6 Å². The molecule has 2 aromatic carbocycles. The van der Waals surface area contributed by atoms with Gasteiger partial charge in [0.1, 0.15) is 0 Å². The summed E-state index contributed by atoms with van der Waals surface area (Å²) in [4.78, 5) is 4.51. The van der Waals surface area contributed by atoms with Crippen molar-refractivity contribution in [2.45, 2.75) is 6.54 Å². The standard InChI is InChI=1S/C15H14N4/c16-10-11-6-8-13(9-7-11)15-17-14(18-19-15)12-4-2-1-3-5-12/h1-9H,10,16H2,(H,17,18,19). The van der Waals surface area contributed by atoms with Crippen LogP contribution in [0, 0.1) is 0 Å². The molecular formula is C15H14N4. The van der Waals surface area contributed by atoms with Crippen molar-refractivity contribution in [1.29, 1.82) is 0 Å². The van der Waals surface area contributed by atoms with Crippen molar-refractivity contribution in [2.24, 2.45) is 5.73 Å². The number of hydrogen-bond acceptors (Lipinski definition) is 3. The highest BCUT2D eigenvalue weighted by Crippen LogP contribution is 2.19. The van der Waals surface area contributed by atoms with Crippen molar-refractivity contribution in [3.05, 3.63) is 60.2 Å². The van der Waals surface area contributed by atoms with Gasteiger partial charge in [-0.25, -0.2) is 4.98 Å². The highest BCUT2D eigenvalue weighted by Gasteiger charge is 2.06. The normalized spacial score (nSPS) is 10.6. The van der Waals surface area contributed by atoms with E-state index in [2.05, 4.69) is 15.2 Å². The Kier molecular flexibility index (Phi) is 3.08. The van der Waals surface area contributed by atoms with E-state index in [4.69, 9.17) is 5.73 Å². The van der Waals surface area contributed by atoms with E-state index in [9.17, 15) is 0 Å². The van der Waals surface area contributed by atoms with Crippen LogP contribution in [0.5, 0.6) is 0 Å². The van der Waals surface area contributed by atoms with E-state index >= 15 is 0 Å². The molecule has 94 valence electrons. The largest absolute Gasteiger partial charge is 0.326 e. The number of benzene rings is 2. The molecule has 0 aliphatic rings. The summed E-state index contributed by atoms with van der Waals surface area (Å²) in [5.41, 5.74) is 8.70. The highest BCUT2D eigenvalue weighted by atomic mass is 15.2. The molecule has 4 heteroatoms. The molecule has 3 aromatic rings. The van der Waals surface area contributed by atoms with Crippen molar-refractivity contribution < 1.29 is 0 Å². The van der Waals surface area contributed by atoms with E-state index in [1.54, 1.807) is 0 Å². The quantitative estimate of drug-likeness (QED) is 0.750. The molecule has 0 radical (unpaired) electrons. The number of hydrogen-bond donors (Lipinski definition) is 2. The lowest BCUT2D eigenvalue weighted by Crippen LogP contribution is -1.95. The lowest BCUT2D eigenvalue weighted by atomic mass is 10.1. The van der Waals surface area contributed by atoms with E-state index in [-0.39, 0.29) is 0 Å². The fraction of sp³-hybridized carbons (Fsp3) is 0.0667. The topological polar surface area (TPSA) is 67.6 Å². The van der Waals surface area contributed by atoms with Gasteiger partial charge in [0, 0.05) is 17.7 Å². The van der Waals surface area contributed by atoms with Gasteiger partial charge >= 0.3 is 0 Å². The summed E-state index contributed by atoms with van der Waals surface area (Å²) in [6, 6.07) is 17.9. The third kappa shape index (κ3) is 2.39. The highest BCUT2D eigenvalue weighted by molar-refractivity contribution is 5.61. The molecule has 0 atom stereocenters. The fourth-order valence-electron chi connectivity index (χ4n) is 1.91. The molecule has 0 aliphatic carbocycles. The summed E-state index contributed by atoms with van der Waals surface area (Å²) in [6.07, 6.45) is 0. The Morgan fingerprint density at radius 3 is 2.32 bits per heavy atom. The molecule has 1 aromatic heterocycles. The van der Waals surface area contributed by atoms with Crippen LogP contribution < -0.4 is 5.73 Å². The Morgan fingerprint density at radius 2 is 1.63 bits per heavy atom. The van der Waals surface area contributed by atoms with Crippen molar-refractivity contribution in [3.8, 4) is 22.8 Å². The van der Waals surface area contributed by atoms with E-state index in [1.807, 2.05) is 54.6 Å². The SMILES string of the molecule is NCc1ccc(-c2nc(-c3ccccc3)n[nH]2)cc1. The first-order valence-corrected chi connectivity index (χ1v) is 6.14. The molecule has 0 fully saturated rings. The number of nitrogens with two attached hydrogens (primary N) is 1. The Morgan fingerprint density at radius 1 is 0.895 bits per heavy atom. The van der Waals surface area contributed by atoms with Gasteiger partial charge in [-0.15, -0.1) is 0 Å². The van der Waals surface area contributed by atoms with Gasteiger partial charge in [-0.2, -0.15) is 5.10 Å². The molecule has 3 N–H and O–H groups in total. The van der Waals surface area contributed by atoms with Gasteiger partial charge in [0.15, 0.2) is 11.6 Å². The summed E-state index contributed by atoms with van der Waals surface area (Å²) >= 11 is 0. The molecule has 0 bridgehead atoms. The van der Waals surface area contributed by atoms with Crippen LogP contribution in [0.4, 0.5) is 0 Å². The second-order valence-corrected chi connectivity index (χ2v) is 4.27. The second-order valence-electron chi connectivity index (χ2n) is 4.27. The number of aromatic nitrogens is 3. The molecule has 0 saturated carbocycles. The molecule has 1 heterocycles. The van der Waals surface area contributed by atoms with E-state index in [0.717, 1.165) is 22.5 Å². The molecule has 0 saturated heterocycles. The zero-order valence-corrected chi connectivity index (χ0v) is 10.4. The Hall–Kier alpha value is -2.46. The van der Waals surface area contributed by atoms with E-state index < -0.39 is 0 Å². The minimum absolute atomic E-state index is 0.548. The molecule has 0 amide bonds. The summed E-state index contributed by atoms with van der Waals surface area (Å²) in [5.74, 6) is 1.47. The number of aromatic amines is 1. The average molecular weight is 250 g/mol. The smallest absolute Gasteiger partial charge is 0.181 e. The minimum atomic E-state index is 0.548. The maximum absolute atomic E-state index is 5.58. The van der Waals surface area contributed by atoms with Crippen LogP contribution in [0.25, 0.3) is 22.8 Å². The van der Waals surface area contributed by atoms with Crippen LogP contribution in [0.3, 0.4) is 0 Å². The van der Waals surface area contributed by atoms with Crippen molar-refractivity contribution in [2.75, 3.05) is 0 Å². The number of nitrogens with zero attached hydrogens (tertiary/aromatic N) is 2. The first kappa shape index (κ1) is 11.6. The zero-order valence-electron chi connectivity index (χ0n) is 10.4. The first-order chi connectivity index (χ1) is 9.36. The third-order valence-electron chi connectivity index (χ3n) is 2.98. The Bertz CT molecular complexity index is 656. The Balaban J connectivity index is 1.92. The molecule has 0 aliphatic heterocycles. The molecule has 19 heavy (non-hydrogen) atoms.